The SMILES string of the molecule is O=C(O)c1cnc(-c2ccc(Cl)cc2)nc1N1CCOCC1. The summed E-state index contributed by atoms with van der Waals surface area (Å²) in [7, 11) is 0. The van der Waals surface area contributed by atoms with Crippen LogP contribution in [0.4, 0.5) is 5.82 Å². The van der Waals surface area contributed by atoms with Gasteiger partial charge in [0.25, 0.3) is 0 Å². The Morgan fingerprint density at radius 3 is 2.55 bits per heavy atom. The van der Waals surface area contributed by atoms with Gasteiger partial charge in [0, 0.05) is 29.9 Å². The second-order valence-corrected chi connectivity index (χ2v) is 5.28. The van der Waals surface area contributed by atoms with Gasteiger partial charge in [0.15, 0.2) is 5.82 Å². The van der Waals surface area contributed by atoms with Crippen LogP contribution in [0, 0.1) is 0 Å². The van der Waals surface area contributed by atoms with Gasteiger partial charge in [0.1, 0.15) is 11.4 Å². The molecular formula is C15H14ClN3O3. The number of rotatable bonds is 3. The maximum atomic E-state index is 11.4. The van der Waals surface area contributed by atoms with Crippen LogP contribution >= 0.6 is 11.6 Å². The minimum absolute atomic E-state index is 0.0969. The van der Waals surface area contributed by atoms with E-state index in [4.69, 9.17) is 16.3 Å². The molecule has 1 N–H and O–H groups in total. The van der Waals surface area contributed by atoms with Crippen LogP contribution in [0.5, 0.6) is 0 Å². The Labute approximate surface area is 132 Å². The molecule has 1 aromatic heterocycles. The molecule has 0 aliphatic carbocycles. The number of carbonyl (C=O) groups is 1. The first-order chi connectivity index (χ1) is 10.6. The molecule has 6 nitrogen and oxygen atoms in total. The smallest absolute Gasteiger partial charge is 0.341 e. The van der Waals surface area contributed by atoms with E-state index >= 15 is 0 Å². The number of ether oxygens (including phenoxy) is 1. The van der Waals surface area contributed by atoms with Crippen molar-refractivity contribution in [1.29, 1.82) is 0 Å². The first-order valence-electron chi connectivity index (χ1n) is 6.84. The Morgan fingerprint density at radius 2 is 1.91 bits per heavy atom. The van der Waals surface area contributed by atoms with Crippen LogP contribution in [0.3, 0.4) is 0 Å². The zero-order valence-corrected chi connectivity index (χ0v) is 12.5. The van der Waals surface area contributed by atoms with Crippen LogP contribution in [-0.4, -0.2) is 47.3 Å². The van der Waals surface area contributed by atoms with E-state index in [1.54, 1.807) is 24.3 Å². The van der Waals surface area contributed by atoms with Crippen LogP contribution in [0.15, 0.2) is 30.5 Å². The molecule has 2 aromatic rings. The third kappa shape index (κ3) is 3.03. The molecule has 0 unspecified atom stereocenters. The van der Waals surface area contributed by atoms with Crippen molar-refractivity contribution in [1.82, 2.24) is 9.97 Å². The highest BCUT2D eigenvalue weighted by atomic mass is 35.5. The average molecular weight is 320 g/mol. The number of nitrogens with zero attached hydrogens (tertiary/aromatic N) is 3. The van der Waals surface area contributed by atoms with Crippen LogP contribution in [0.25, 0.3) is 11.4 Å². The summed E-state index contributed by atoms with van der Waals surface area (Å²) in [6.45, 7) is 2.33. The van der Waals surface area contributed by atoms with Gasteiger partial charge >= 0.3 is 5.97 Å². The molecule has 0 spiro atoms. The predicted molar refractivity (Wildman–Crippen MR) is 82.5 cm³/mol. The number of carboxylic acids is 1. The zero-order valence-electron chi connectivity index (χ0n) is 11.7. The van der Waals surface area contributed by atoms with E-state index in [0.29, 0.717) is 43.0 Å². The lowest BCUT2D eigenvalue weighted by molar-refractivity contribution is 0.0695. The maximum absolute atomic E-state index is 11.4. The van der Waals surface area contributed by atoms with Crippen LogP contribution < -0.4 is 4.90 Å². The Morgan fingerprint density at radius 1 is 1.23 bits per heavy atom. The van der Waals surface area contributed by atoms with Crippen molar-refractivity contribution < 1.29 is 14.6 Å². The third-order valence-electron chi connectivity index (χ3n) is 3.41. The largest absolute Gasteiger partial charge is 0.477 e. The summed E-state index contributed by atoms with van der Waals surface area (Å²) in [4.78, 5) is 21.9. The van der Waals surface area contributed by atoms with Gasteiger partial charge in [-0.2, -0.15) is 0 Å². The lowest BCUT2D eigenvalue weighted by Crippen LogP contribution is -2.37. The molecule has 22 heavy (non-hydrogen) atoms. The Hall–Kier alpha value is -2.18. The van der Waals surface area contributed by atoms with E-state index in [-0.39, 0.29) is 5.56 Å². The first kappa shape index (κ1) is 14.7. The van der Waals surface area contributed by atoms with Gasteiger partial charge in [-0.1, -0.05) is 11.6 Å². The summed E-state index contributed by atoms with van der Waals surface area (Å²) in [5, 5.41) is 9.96. The average Bonchev–Trinajstić information content (AvgIpc) is 2.56. The van der Waals surface area contributed by atoms with Crippen molar-refractivity contribution in [2.24, 2.45) is 0 Å². The van der Waals surface area contributed by atoms with Crippen molar-refractivity contribution in [3.05, 3.63) is 41.0 Å². The van der Waals surface area contributed by atoms with Gasteiger partial charge in [-0.05, 0) is 24.3 Å². The van der Waals surface area contributed by atoms with Crippen molar-refractivity contribution in [2.75, 3.05) is 31.2 Å². The number of hydrogen-bond acceptors (Lipinski definition) is 5. The summed E-state index contributed by atoms with van der Waals surface area (Å²) in [6, 6.07) is 7.11. The van der Waals surface area contributed by atoms with Crippen molar-refractivity contribution >= 4 is 23.4 Å². The molecule has 1 aromatic carbocycles. The standard InChI is InChI=1S/C15H14ClN3O3/c16-11-3-1-10(2-4-11)13-17-9-12(15(20)21)14(18-13)19-5-7-22-8-6-19/h1-4,9H,5-8H2,(H,20,21). The van der Waals surface area contributed by atoms with Crippen LogP contribution in [0.1, 0.15) is 10.4 Å². The molecule has 0 radical (unpaired) electrons. The number of benzene rings is 1. The van der Waals surface area contributed by atoms with Gasteiger partial charge in [0.2, 0.25) is 0 Å². The van der Waals surface area contributed by atoms with Crippen LogP contribution in [-0.2, 0) is 4.74 Å². The summed E-state index contributed by atoms with van der Waals surface area (Å²) in [5.74, 6) is -0.136. The molecule has 0 amide bonds. The second kappa shape index (κ2) is 6.29. The molecule has 3 rings (SSSR count). The summed E-state index contributed by atoms with van der Waals surface area (Å²) in [5.41, 5.74) is 0.885. The number of halogens is 1. The molecule has 0 atom stereocenters. The number of carboxylic acid groups (broad SMARTS) is 1. The molecule has 7 heteroatoms. The quantitative estimate of drug-likeness (QED) is 0.935. The fourth-order valence-electron chi connectivity index (χ4n) is 2.28. The molecule has 0 saturated carbocycles. The van der Waals surface area contributed by atoms with E-state index in [1.165, 1.54) is 6.20 Å². The van der Waals surface area contributed by atoms with E-state index in [9.17, 15) is 9.90 Å². The highest BCUT2D eigenvalue weighted by Gasteiger charge is 2.21. The first-order valence-corrected chi connectivity index (χ1v) is 7.22. The van der Waals surface area contributed by atoms with Gasteiger partial charge in [-0.15, -0.1) is 0 Å². The third-order valence-corrected chi connectivity index (χ3v) is 3.66. The van der Waals surface area contributed by atoms with Gasteiger partial charge in [0.05, 0.1) is 13.2 Å². The minimum Gasteiger partial charge on any atom is -0.477 e. The Kier molecular flexibility index (Phi) is 4.22. The number of aromatic carboxylic acids is 1. The number of anilines is 1. The molecule has 1 fully saturated rings. The van der Waals surface area contributed by atoms with E-state index in [2.05, 4.69) is 9.97 Å². The van der Waals surface area contributed by atoms with Crippen LogP contribution in [0.2, 0.25) is 5.02 Å². The zero-order chi connectivity index (χ0) is 15.5. The van der Waals surface area contributed by atoms with Crippen molar-refractivity contribution in [3.63, 3.8) is 0 Å². The summed E-state index contributed by atoms with van der Waals surface area (Å²) in [6.07, 6.45) is 1.35. The number of morpholine rings is 1. The van der Waals surface area contributed by atoms with E-state index in [1.807, 2.05) is 4.90 Å². The predicted octanol–water partition coefficient (Wildman–Crippen LogP) is 2.33. The van der Waals surface area contributed by atoms with E-state index in [0.717, 1.165) is 5.56 Å². The molecule has 1 aliphatic heterocycles. The maximum Gasteiger partial charge on any atom is 0.341 e. The fourth-order valence-corrected chi connectivity index (χ4v) is 2.40. The molecule has 1 aliphatic rings. The fraction of sp³-hybridized carbons (Fsp3) is 0.267. The Balaban J connectivity index is 2.02. The van der Waals surface area contributed by atoms with Gasteiger partial charge < -0.3 is 14.7 Å². The molecule has 2 heterocycles. The Bertz CT molecular complexity index is 685. The van der Waals surface area contributed by atoms with Gasteiger partial charge in [-0.3, -0.25) is 0 Å². The topological polar surface area (TPSA) is 75.5 Å². The second-order valence-electron chi connectivity index (χ2n) is 4.84. The molecule has 114 valence electrons. The van der Waals surface area contributed by atoms with E-state index < -0.39 is 5.97 Å². The van der Waals surface area contributed by atoms with Crippen molar-refractivity contribution in [2.45, 2.75) is 0 Å². The lowest BCUT2D eigenvalue weighted by Gasteiger charge is -2.28. The molecular weight excluding hydrogens is 306 g/mol. The summed E-state index contributed by atoms with van der Waals surface area (Å²) < 4.78 is 5.30. The highest BCUT2D eigenvalue weighted by Crippen LogP contribution is 2.24. The minimum atomic E-state index is -1.04. The molecule has 1 saturated heterocycles. The summed E-state index contributed by atoms with van der Waals surface area (Å²) >= 11 is 5.88. The van der Waals surface area contributed by atoms with Gasteiger partial charge in [-0.25, -0.2) is 14.8 Å². The monoisotopic (exact) mass is 319 g/mol. The molecule has 0 bridgehead atoms. The number of aromatic nitrogens is 2. The van der Waals surface area contributed by atoms with Crippen molar-refractivity contribution in [3.8, 4) is 11.4 Å². The lowest BCUT2D eigenvalue weighted by atomic mass is 10.2. The normalized spacial score (nSPS) is 14.9. The number of hydrogen-bond donors (Lipinski definition) is 1. The highest BCUT2D eigenvalue weighted by molar-refractivity contribution is 6.30.